The molecule has 0 aliphatic heterocycles. The number of nitrogen functional groups attached to an aromatic ring is 1. The van der Waals surface area contributed by atoms with Crippen molar-refractivity contribution in [1.82, 2.24) is 14.8 Å². The number of anilines is 1. The SMILES string of the molecule is COCCN(CC(=O)N(C)C)C(=O)c1ccc(N)cn1. The van der Waals surface area contributed by atoms with E-state index in [1.54, 1.807) is 20.2 Å². The quantitative estimate of drug-likeness (QED) is 0.782. The molecule has 2 amide bonds. The Morgan fingerprint density at radius 1 is 1.35 bits per heavy atom. The van der Waals surface area contributed by atoms with Crippen molar-refractivity contribution in [2.75, 3.05) is 46.6 Å². The summed E-state index contributed by atoms with van der Waals surface area (Å²) in [4.78, 5) is 30.9. The molecule has 0 aliphatic rings. The summed E-state index contributed by atoms with van der Waals surface area (Å²) in [6, 6.07) is 3.14. The van der Waals surface area contributed by atoms with Crippen molar-refractivity contribution in [1.29, 1.82) is 0 Å². The fourth-order valence-corrected chi connectivity index (χ4v) is 1.45. The van der Waals surface area contributed by atoms with Gasteiger partial charge in [-0.3, -0.25) is 9.59 Å². The van der Waals surface area contributed by atoms with Crippen LogP contribution in [0.5, 0.6) is 0 Å². The molecule has 1 rings (SSSR count). The molecule has 0 bridgehead atoms. The first-order valence-corrected chi connectivity index (χ1v) is 6.15. The molecule has 110 valence electrons. The molecule has 0 aliphatic carbocycles. The molecule has 0 atom stereocenters. The highest BCUT2D eigenvalue weighted by molar-refractivity contribution is 5.95. The molecule has 1 heterocycles. The lowest BCUT2D eigenvalue weighted by Crippen LogP contribution is -2.42. The number of nitrogens with zero attached hydrogens (tertiary/aromatic N) is 3. The number of ether oxygens (including phenoxy) is 1. The molecule has 0 fully saturated rings. The Bertz CT molecular complexity index is 459. The highest BCUT2D eigenvalue weighted by Crippen LogP contribution is 2.05. The molecule has 0 saturated heterocycles. The number of carbonyl (C=O) groups excluding carboxylic acids is 2. The second-order valence-corrected chi connectivity index (χ2v) is 4.48. The monoisotopic (exact) mass is 280 g/mol. The van der Waals surface area contributed by atoms with Gasteiger partial charge in [0.2, 0.25) is 5.91 Å². The van der Waals surface area contributed by atoms with Crippen LogP contribution < -0.4 is 5.73 Å². The van der Waals surface area contributed by atoms with Gasteiger partial charge in [-0.25, -0.2) is 4.98 Å². The number of methoxy groups -OCH3 is 1. The van der Waals surface area contributed by atoms with Gasteiger partial charge in [0.05, 0.1) is 18.5 Å². The number of nitrogens with two attached hydrogens (primary N) is 1. The van der Waals surface area contributed by atoms with Crippen LogP contribution in [0.15, 0.2) is 18.3 Å². The Hall–Kier alpha value is -2.15. The average Bonchev–Trinajstić information content (AvgIpc) is 2.43. The van der Waals surface area contributed by atoms with Crippen molar-refractivity contribution in [3.8, 4) is 0 Å². The van der Waals surface area contributed by atoms with E-state index < -0.39 is 0 Å². The van der Waals surface area contributed by atoms with Crippen molar-refractivity contribution in [3.05, 3.63) is 24.0 Å². The normalized spacial score (nSPS) is 10.2. The molecule has 0 aromatic carbocycles. The summed E-state index contributed by atoms with van der Waals surface area (Å²) >= 11 is 0. The van der Waals surface area contributed by atoms with Gasteiger partial charge >= 0.3 is 0 Å². The summed E-state index contributed by atoms with van der Waals surface area (Å²) in [5.41, 5.74) is 6.27. The first-order valence-electron chi connectivity index (χ1n) is 6.15. The van der Waals surface area contributed by atoms with E-state index in [1.807, 2.05) is 0 Å². The number of aromatic nitrogens is 1. The van der Waals surface area contributed by atoms with Gasteiger partial charge in [-0.2, -0.15) is 0 Å². The standard InChI is InChI=1S/C13H20N4O3/c1-16(2)12(18)9-17(6-7-20-3)13(19)11-5-4-10(14)8-15-11/h4-5,8H,6-7,9,14H2,1-3H3. The van der Waals surface area contributed by atoms with Crippen molar-refractivity contribution in [2.45, 2.75) is 0 Å². The van der Waals surface area contributed by atoms with Gasteiger partial charge < -0.3 is 20.3 Å². The number of likely N-dealkylation sites (N-methyl/N-ethyl adjacent to an activating group) is 1. The molecule has 0 spiro atoms. The number of hydrogen-bond donors (Lipinski definition) is 1. The van der Waals surface area contributed by atoms with Crippen LogP contribution in [0.25, 0.3) is 0 Å². The third kappa shape index (κ3) is 4.51. The fourth-order valence-electron chi connectivity index (χ4n) is 1.45. The van der Waals surface area contributed by atoms with Gasteiger partial charge in [-0.05, 0) is 12.1 Å². The Balaban J connectivity index is 2.83. The van der Waals surface area contributed by atoms with E-state index >= 15 is 0 Å². The lowest BCUT2D eigenvalue weighted by molar-refractivity contribution is -0.129. The van der Waals surface area contributed by atoms with Crippen LogP contribution in [0.2, 0.25) is 0 Å². The van der Waals surface area contributed by atoms with Gasteiger partial charge in [0.15, 0.2) is 0 Å². The third-order valence-electron chi connectivity index (χ3n) is 2.68. The van der Waals surface area contributed by atoms with E-state index in [0.29, 0.717) is 18.8 Å². The number of hydrogen-bond acceptors (Lipinski definition) is 5. The number of pyridine rings is 1. The maximum absolute atomic E-state index is 12.3. The number of amides is 2. The first-order chi connectivity index (χ1) is 9.45. The second kappa shape index (κ2) is 7.44. The summed E-state index contributed by atoms with van der Waals surface area (Å²) in [7, 11) is 4.82. The molecular formula is C13H20N4O3. The zero-order valence-corrected chi connectivity index (χ0v) is 12.0. The molecular weight excluding hydrogens is 260 g/mol. The summed E-state index contributed by atoms with van der Waals surface area (Å²) in [5, 5.41) is 0. The van der Waals surface area contributed by atoms with Crippen molar-refractivity contribution in [2.24, 2.45) is 0 Å². The fraction of sp³-hybridized carbons (Fsp3) is 0.462. The van der Waals surface area contributed by atoms with Gasteiger partial charge in [-0.15, -0.1) is 0 Å². The number of rotatable bonds is 6. The highest BCUT2D eigenvalue weighted by atomic mass is 16.5. The lowest BCUT2D eigenvalue weighted by Gasteiger charge is -2.23. The van der Waals surface area contributed by atoms with E-state index in [0.717, 1.165) is 0 Å². The second-order valence-electron chi connectivity index (χ2n) is 4.48. The van der Waals surface area contributed by atoms with Crippen LogP contribution in [0.4, 0.5) is 5.69 Å². The van der Waals surface area contributed by atoms with Crippen LogP contribution in [0, 0.1) is 0 Å². The minimum atomic E-state index is -0.322. The molecule has 1 aromatic rings. The smallest absolute Gasteiger partial charge is 0.272 e. The third-order valence-corrected chi connectivity index (χ3v) is 2.68. The maximum atomic E-state index is 12.3. The van der Waals surface area contributed by atoms with E-state index in [9.17, 15) is 9.59 Å². The molecule has 0 unspecified atom stereocenters. The largest absolute Gasteiger partial charge is 0.397 e. The van der Waals surface area contributed by atoms with E-state index in [1.165, 1.54) is 29.2 Å². The Labute approximate surface area is 118 Å². The molecule has 7 heteroatoms. The predicted octanol–water partition coefficient (Wildman–Crippen LogP) is -0.159. The topological polar surface area (TPSA) is 88.8 Å². The zero-order chi connectivity index (χ0) is 15.1. The number of carbonyl (C=O) groups is 2. The molecule has 0 radical (unpaired) electrons. The zero-order valence-electron chi connectivity index (χ0n) is 12.0. The van der Waals surface area contributed by atoms with Crippen LogP contribution in [0.3, 0.4) is 0 Å². The maximum Gasteiger partial charge on any atom is 0.272 e. The molecule has 1 aromatic heterocycles. The highest BCUT2D eigenvalue weighted by Gasteiger charge is 2.20. The van der Waals surface area contributed by atoms with Gasteiger partial charge in [0.25, 0.3) is 5.91 Å². The molecule has 2 N–H and O–H groups in total. The van der Waals surface area contributed by atoms with Crippen molar-refractivity contribution in [3.63, 3.8) is 0 Å². The minimum Gasteiger partial charge on any atom is -0.397 e. The van der Waals surface area contributed by atoms with Gasteiger partial charge in [0.1, 0.15) is 12.2 Å². The average molecular weight is 280 g/mol. The lowest BCUT2D eigenvalue weighted by atomic mass is 10.3. The Morgan fingerprint density at radius 2 is 2.05 bits per heavy atom. The molecule has 7 nitrogen and oxygen atoms in total. The van der Waals surface area contributed by atoms with Gasteiger partial charge in [0, 0.05) is 27.7 Å². The van der Waals surface area contributed by atoms with Crippen molar-refractivity contribution >= 4 is 17.5 Å². The summed E-state index contributed by atoms with van der Waals surface area (Å²) in [6.45, 7) is 0.656. The summed E-state index contributed by atoms with van der Waals surface area (Å²) < 4.78 is 4.96. The van der Waals surface area contributed by atoms with Crippen molar-refractivity contribution < 1.29 is 14.3 Å². The molecule has 20 heavy (non-hydrogen) atoms. The van der Waals surface area contributed by atoms with Gasteiger partial charge in [-0.1, -0.05) is 0 Å². The van der Waals surface area contributed by atoms with E-state index in [2.05, 4.69) is 4.98 Å². The van der Waals surface area contributed by atoms with Crippen LogP contribution in [-0.2, 0) is 9.53 Å². The first kappa shape index (κ1) is 15.9. The Kier molecular flexibility index (Phi) is 5.92. The Morgan fingerprint density at radius 3 is 2.55 bits per heavy atom. The van der Waals surface area contributed by atoms with Crippen LogP contribution in [-0.4, -0.2) is 67.5 Å². The van der Waals surface area contributed by atoms with Crippen LogP contribution >= 0.6 is 0 Å². The molecule has 0 saturated carbocycles. The summed E-state index contributed by atoms with van der Waals surface area (Å²) in [5.74, 6) is -0.484. The summed E-state index contributed by atoms with van der Waals surface area (Å²) in [6.07, 6.45) is 1.41. The predicted molar refractivity (Wildman–Crippen MR) is 75.1 cm³/mol. The van der Waals surface area contributed by atoms with E-state index in [-0.39, 0.29) is 24.1 Å². The van der Waals surface area contributed by atoms with E-state index in [4.69, 9.17) is 10.5 Å². The minimum absolute atomic E-state index is 0.0126. The van der Waals surface area contributed by atoms with Crippen LogP contribution in [0.1, 0.15) is 10.5 Å².